The van der Waals surface area contributed by atoms with Crippen LogP contribution in [0.4, 0.5) is 11.4 Å². The third-order valence-corrected chi connectivity index (χ3v) is 4.32. The van der Waals surface area contributed by atoms with Gasteiger partial charge in [0.2, 0.25) is 0 Å². The third kappa shape index (κ3) is 2.20. The molecule has 0 saturated carbocycles. The second kappa shape index (κ2) is 5.28. The van der Waals surface area contributed by atoms with E-state index in [9.17, 15) is 10.1 Å². The molecule has 2 fully saturated rings. The van der Waals surface area contributed by atoms with Gasteiger partial charge in [-0.1, -0.05) is 6.07 Å². The standard InChI is InChI=1S/C14H19N3O3/c1-20-13-6-2-5-12(14(13)17(18)19)16-8-10-4-3-7-15-11(10)9-16/h2,5-6,10-11,15H,3-4,7-9H2,1H3. The molecule has 0 aromatic heterocycles. The van der Waals surface area contributed by atoms with Gasteiger partial charge < -0.3 is 15.0 Å². The Kier molecular flexibility index (Phi) is 3.48. The number of nitrogens with zero attached hydrogens (tertiary/aromatic N) is 2. The molecule has 1 aromatic rings. The van der Waals surface area contributed by atoms with Crippen molar-refractivity contribution in [3.63, 3.8) is 0 Å². The molecule has 0 amide bonds. The van der Waals surface area contributed by atoms with E-state index in [1.807, 2.05) is 12.1 Å². The Balaban J connectivity index is 1.92. The van der Waals surface area contributed by atoms with E-state index in [4.69, 9.17) is 4.74 Å². The second-order valence-electron chi connectivity index (χ2n) is 5.45. The molecule has 20 heavy (non-hydrogen) atoms. The van der Waals surface area contributed by atoms with Gasteiger partial charge in [-0.25, -0.2) is 0 Å². The van der Waals surface area contributed by atoms with Gasteiger partial charge in [0.05, 0.1) is 12.0 Å². The van der Waals surface area contributed by atoms with Crippen LogP contribution in [0.1, 0.15) is 12.8 Å². The molecule has 0 aliphatic carbocycles. The molecule has 0 spiro atoms. The maximum absolute atomic E-state index is 11.4. The van der Waals surface area contributed by atoms with Crippen LogP contribution in [0.5, 0.6) is 5.75 Å². The number of methoxy groups -OCH3 is 1. The Morgan fingerprint density at radius 2 is 2.30 bits per heavy atom. The van der Waals surface area contributed by atoms with Gasteiger partial charge in [-0.05, 0) is 37.4 Å². The van der Waals surface area contributed by atoms with E-state index < -0.39 is 0 Å². The summed E-state index contributed by atoms with van der Waals surface area (Å²) >= 11 is 0. The van der Waals surface area contributed by atoms with E-state index in [2.05, 4.69) is 10.2 Å². The Hall–Kier alpha value is -1.82. The highest BCUT2D eigenvalue weighted by atomic mass is 16.6. The van der Waals surface area contributed by atoms with Crippen LogP contribution < -0.4 is 15.0 Å². The number of benzene rings is 1. The first-order valence-electron chi connectivity index (χ1n) is 7.00. The zero-order valence-electron chi connectivity index (χ0n) is 11.5. The summed E-state index contributed by atoms with van der Waals surface area (Å²) in [7, 11) is 1.47. The fourth-order valence-electron chi connectivity index (χ4n) is 3.36. The van der Waals surface area contributed by atoms with Gasteiger partial charge in [-0.15, -0.1) is 0 Å². The molecule has 3 rings (SSSR count). The average Bonchev–Trinajstić information content (AvgIpc) is 2.90. The van der Waals surface area contributed by atoms with Crippen molar-refractivity contribution in [3.05, 3.63) is 28.3 Å². The predicted molar refractivity (Wildman–Crippen MR) is 76.4 cm³/mol. The van der Waals surface area contributed by atoms with E-state index in [0.29, 0.717) is 23.4 Å². The molecule has 108 valence electrons. The van der Waals surface area contributed by atoms with Gasteiger partial charge in [0.1, 0.15) is 5.69 Å². The highest BCUT2D eigenvalue weighted by Crippen LogP contribution is 2.39. The van der Waals surface area contributed by atoms with Gasteiger partial charge in [0.25, 0.3) is 0 Å². The van der Waals surface area contributed by atoms with Crippen molar-refractivity contribution in [1.29, 1.82) is 0 Å². The number of para-hydroxylation sites is 1. The Morgan fingerprint density at radius 3 is 3.00 bits per heavy atom. The van der Waals surface area contributed by atoms with E-state index in [1.54, 1.807) is 6.07 Å². The van der Waals surface area contributed by atoms with E-state index in [-0.39, 0.29) is 10.6 Å². The zero-order valence-corrected chi connectivity index (χ0v) is 11.5. The third-order valence-electron chi connectivity index (χ3n) is 4.32. The van der Waals surface area contributed by atoms with Crippen LogP contribution in [0.3, 0.4) is 0 Å². The van der Waals surface area contributed by atoms with Crippen molar-refractivity contribution in [2.24, 2.45) is 5.92 Å². The van der Waals surface area contributed by atoms with Gasteiger partial charge in [0.15, 0.2) is 5.75 Å². The number of fused-ring (bicyclic) bond motifs is 1. The van der Waals surface area contributed by atoms with Crippen LogP contribution in [0.15, 0.2) is 18.2 Å². The van der Waals surface area contributed by atoms with Crippen LogP contribution in [0, 0.1) is 16.0 Å². The normalized spacial score (nSPS) is 25.4. The molecule has 6 heteroatoms. The summed E-state index contributed by atoms with van der Waals surface area (Å²) in [5.74, 6) is 0.921. The van der Waals surface area contributed by atoms with Crippen molar-refractivity contribution in [2.75, 3.05) is 31.6 Å². The summed E-state index contributed by atoms with van der Waals surface area (Å²) in [6.07, 6.45) is 2.39. The number of anilines is 1. The Bertz CT molecular complexity index is 506. The minimum atomic E-state index is -0.344. The molecule has 6 nitrogen and oxygen atoms in total. The number of nitro groups is 1. The van der Waals surface area contributed by atoms with Crippen LogP contribution in [0.25, 0.3) is 0 Å². The number of hydrogen-bond acceptors (Lipinski definition) is 5. The largest absolute Gasteiger partial charge is 0.490 e. The lowest BCUT2D eigenvalue weighted by atomic mass is 9.94. The number of piperidine rings is 1. The minimum absolute atomic E-state index is 0.0775. The fraction of sp³-hybridized carbons (Fsp3) is 0.571. The molecule has 2 saturated heterocycles. The SMILES string of the molecule is COc1cccc(N2CC3CCCNC3C2)c1[N+](=O)[O-]. The number of nitrogens with one attached hydrogen (secondary N) is 1. The zero-order chi connectivity index (χ0) is 14.1. The number of nitro benzene ring substituents is 1. The van der Waals surface area contributed by atoms with E-state index >= 15 is 0 Å². The maximum Gasteiger partial charge on any atom is 0.333 e. The molecular weight excluding hydrogens is 258 g/mol. The summed E-state index contributed by atoms with van der Waals surface area (Å²) in [6.45, 7) is 2.76. The summed E-state index contributed by atoms with van der Waals surface area (Å²) in [4.78, 5) is 13.1. The second-order valence-corrected chi connectivity index (χ2v) is 5.45. The van der Waals surface area contributed by atoms with Crippen molar-refractivity contribution in [1.82, 2.24) is 5.32 Å². The smallest absolute Gasteiger partial charge is 0.333 e. The van der Waals surface area contributed by atoms with Gasteiger partial charge in [0, 0.05) is 19.1 Å². The molecule has 2 heterocycles. The van der Waals surface area contributed by atoms with Crippen molar-refractivity contribution in [2.45, 2.75) is 18.9 Å². The lowest BCUT2D eigenvalue weighted by Crippen LogP contribution is -2.40. The van der Waals surface area contributed by atoms with Crippen LogP contribution in [-0.2, 0) is 0 Å². The molecule has 2 unspecified atom stereocenters. The Labute approximate surface area is 117 Å². The molecular formula is C14H19N3O3. The number of hydrogen-bond donors (Lipinski definition) is 1. The molecule has 0 radical (unpaired) electrons. The van der Waals surface area contributed by atoms with Crippen LogP contribution in [0.2, 0.25) is 0 Å². The minimum Gasteiger partial charge on any atom is -0.490 e. The van der Waals surface area contributed by atoms with E-state index in [0.717, 1.165) is 19.6 Å². The molecule has 1 N–H and O–H groups in total. The quantitative estimate of drug-likeness (QED) is 0.674. The molecule has 2 aliphatic rings. The highest BCUT2D eigenvalue weighted by Gasteiger charge is 2.37. The molecule has 1 aromatic carbocycles. The molecule has 2 aliphatic heterocycles. The van der Waals surface area contributed by atoms with Gasteiger partial charge >= 0.3 is 5.69 Å². The lowest BCUT2D eigenvalue weighted by Gasteiger charge is -2.24. The first kappa shape index (κ1) is 13.2. The summed E-state index contributed by atoms with van der Waals surface area (Å²) in [5.41, 5.74) is 0.749. The van der Waals surface area contributed by atoms with Crippen LogP contribution >= 0.6 is 0 Å². The topological polar surface area (TPSA) is 67.6 Å². The fourth-order valence-corrected chi connectivity index (χ4v) is 3.36. The molecule has 2 atom stereocenters. The predicted octanol–water partition coefficient (Wildman–Crippen LogP) is 1.79. The summed E-state index contributed by atoms with van der Waals surface area (Å²) in [6, 6.07) is 5.73. The van der Waals surface area contributed by atoms with Crippen molar-refractivity contribution >= 4 is 11.4 Å². The summed E-state index contributed by atoms with van der Waals surface area (Å²) in [5, 5.41) is 14.9. The van der Waals surface area contributed by atoms with Crippen molar-refractivity contribution < 1.29 is 9.66 Å². The molecule has 0 bridgehead atoms. The lowest BCUT2D eigenvalue weighted by molar-refractivity contribution is -0.385. The van der Waals surface area contributed by atoms with Crippen molar-refractivity contribution in [3.8, 4) is 5.75 Å². The maximum atomic E-state index is 11.4. The first-order valence-corrected chi connectivity index (χ1v) is 7.00. The average molecular weight is 277 g/mol. The van der Waals surface area contributed by atoms with Crippen LogP contribution in [-0.4, -0.2) is 37.7 Å². The van der Waals surface area contributed by atoms with E-state index in [1.165, 1.54) is 20.0 Å². The first-order chi connectivity index (χ1) is 9.70. The highest BCUT2D eigenvalue weighted by molar-refractivity contribution is 5.70. The van der Waals surface area contributed by atoms with Gasteiger partial charge in [-0.3, -0.25) is 10.1 Å². The Morgan fingerprint density at radius 1 is 1.45 bits per heavy atom. The number of rotatable bonds is 3. The van der Waals surface area contributed by atoms with Gasteiger partial charge in [-0.2, -0.15) is 0 Å². The summed E-state index contributed by atoms with van der Waals surface area (Å²) < 4.78 is 5.14. The monoisotopic (exact) mass is 277 g/mol. The number of ether oxygens (including phenoxy) is 1.